The number of piperidine rings is 1. The van der Waals surface area contributed by atoms with E-state index in [1.807, 2.05) is 35.2 Å². The lowest BCUT2D eigenvalue weighted by Crippen LogP contribution is -2.51. The molecule has 2 aliphatic rings. The van der Waals surface area contributed by atoms with E-state index in [0.717, 1.165) is 36.4 Å². The maximum Gasteiger partial charge on any atom is 0.260 e. The summed E-state index contributed by atoms with van der Waals surface area (Å²) < 4.78 is 5.81. The van der Waals surface area contributed by atoms with Gasteiger partial charge < -0.3 is 9.64 Å². The van der Waals surface area contributed by atoms with Crippen LogP contribution in [-0.4, -0.2) is 36.3 Å². The van der Waals surface area contributed by atoms with Gasteiger partial charge in [-0.15, -0.1) is 0 Å². The van der Waals surface area contributed by atoms with Crippen LogP contribution in [0.2, 0.25) is 0 Å². The lowest BCUT2D eigenvalue weighted by atomic mass is 9.78. The fourth-order valence-corrected chi connectivity index (χ4v) is 4.68. The van der Waals surface area contributed by atoms with Gasteiger partial charge in [0.15, 0.2) is 12.9 Å². The Labute approximate surface area is 154 Å². The van der Waals surface area contributed by atoms with Crippen molar-refractivity contribution in [3.8, 4) is 5.75 Å². The molecule has 4 heteroatoms. The molecule has 4 nitrogen and oxygen atoms in total. The summed E-state index contributed by atoms with van der Waals surface area (Å²) in [4.78, 5) is 26.4. The summed E-state index contributed by atoms with van der Waals surface area (Å²) in [5.41, 5.74) is 0.519. The van der Waals surface area contributed by atoms with Gasteiger partial charge >= 0.3 is 0 Å². The molecule has 0 spiro atoms. The monoisotopic (exact) mass is 351 g/mol. The zero-order valence-corrected chi connectivity index (χ0v) is 15.0. The number of carbonyl (C=O) groups is 2. The predicted octanol–water partition coefficient (Wildman–Crippen LogP) is 4.21. The average Bonchev–Trinajstić information content (AvgIpc) is 2.71. The van der Waals surface area contributed by atoms with E-state index in [1.165, 1.54) is 25.7 Å². The number of rotatable bonds is 4. The van der Waals surface area contributed by atoms with Gasteiger partial charge in [0.2, 0.25) is 0 Å². The number of likely N-dealkylation sites (tertiary alicyclic amines) is 1. The molecule has 2 atom stereocenters. The van der Waals surface area contributed by atoms with Gasteiger partial charge in [-0.1, -0.05) is 43.2 Å². The fraction of sp³-hybridized carbons (Fsp3) is 0.455. The summed E-state index contributed by atoms with van der Waals surface area (Å²) in [7, 11) is 0. The first-order chi connectivity index (χ1) is 12.8. The highest BCUT2D eigenvalue weighted by molar-refractivity contribution is 6.00. The second kappa shape index (κ2) is 7.48. The van der Waals surface area contributed by atoms with E-state index >= 15 is 0 Å². The number of amides is 1. The Morgan fingerprint density at radius 3 is 2.77 bits per heavy atom. The van der Waals surface area contributed by atoms with Crippen LogP contribution in [0.1, 0.15) is 48.9 Å². The Morgan fingerprint density at radius 1 is 1.08 bits per heavy atom. The Morgan fingerprint density at radius 2 is 1.88 bits per heavy atom. The fourth-order valence-electron chi connectivity index (χ4n) is 4.68. The largest absolute Gasteiger partial charge is 0.483 e. The third-order valence-corrected chi connectivity index (χ3v) is 5.96. The van der Waals surface area contributed by atoms with Gasteiger partial charge in [-0.3, -0.25) is 9.59 Å². The number of benzene rings is 2. The minimum absolute atomic E-state index is 0.00238. The van der Waals surface area contributed by atoms with Gasteiger partial charge in [0.25, 0.3) is 5.91 Å². The highest BCUT2D eigenvalue weighted by Gasteiger charge is 2.35. The molecule has 2 fully saturated rings. The van der Waals surface area contributed by atoms with Crippen LogP contribution < -0.4 is 4.74 Å². The average molecular weight is 351 g/mol. The molecule has 0 bridgehead atoms. The smallest absolute Gasteiger partial charge is 0.260 e. The Balaban J connectivity index is 1.49. The molecule has 1 saturated heterocycles. The molecular weight excluding hydrogens is 326 g/mol. The quantitative estimate of drug-likeness (QED) is 0.775. The first-order valence-corrected chi connectivity index (χ1v) is 9.67. The number of aldehydes is 1. The lowest BCUT2D eigenvalue weighted by molar-refractivity contribution is -0.139. The highest BCUT2D eigenvalue weighted by atomic mass is 16.5. The van der Waals surface area contributed by atoms with Crippen LogP contribution in [0.5, 0.6) is 5.75 Å². The summed E-state index contributed by atoms with van der Waals surface area (Å²) in [5, 5.41) is 1.85. The summed E-state index contributed by atoms with van der Waals surface area (Å²) >= 11 is 0. The second-order valence-electron chi connectivity index (χ2n) is 7.45. The molecule has 1 saturated carbocycles. The molecule has 0 N–H and O–H groups in total. The molecule has 1 aliphatic heterocycles. The Hall–Kier alpha value is -2.36. The van der Waals surface area contributed by atoms with Crippen molar-refractivity contribution in [3.05, 3.63) is 42.0 Å². The van der Waals surface area contributed by atoms with Crippen molar-refractivity contribution in [2.45, 2.75) is 44.6 Å². The van der Waals surface area contributed by atoms with Gasteiger partial charge in [0.05, 0.1) is 5.56 Å². The van der Waals surface area contributed by atoms with Crippen LogP contribution in [0.25, 0.3) is 10.8 Å². The number of hydrogen-bond donors (Lipinski definition) is 0. The maximum atomic E-state index is 12.8. The van der Waals surface area contributed by atoms with Crippen molar-refractivity contribution in [1.82, 2.24) is 4.90 Å². The van der Waals surface area contributed by atoms with Crippen LogP contribution in [0.4, 0.5) is 0 Å². The minimum Gasteiger partial charge on any atom is -0.483 e. The van der Waals surface area contributed by atoms with Crippen LogP contribution in [-0.2, 0) is 4.79 Å². The first-order valence-electron chi connectivity index (χ1n) is 9.67. The third kappa shape index (κ3) is 3.20. The van der Waals surface area contributed by atoms with E-state index in [2.05, 4.69) is 0 Å². The van der Waals surface area contributed by atoms with E-state index in [9.17, 15) is 9.59 Å². The van der Waals surface area contributed by atoms with E-state index in [1.54, 1.807) is 6.07 Å². The van der Waals surface area contributed by atoms with E-state index in [4.69, 9.17) is 4.74 Å². The van der Waals surface area contributed by atoms with E-state index in [0.29, 0.717) is 23.3 Å². The molecule has 0 radical (unpaired) electrons. The Kier molecular flexibility index (Phi) is 4.91. The molecule has 2 aromatic rings. The molecule has 2 aromatic carbocycles. The number of fused-ring (bicyclic) bond motifs is 2. The molecule has 0 aromatic heterocycles. The first kappa shape index (κ1) is 17.1. The van der Waals surface area contributed by atoms with E-state index in [-0.39, 0.29) is 12.5 Å². The molecular formula is C22H25NO3. The standard InChI is InChI=1S/C22H25NO3/c24-14-19-18-9-3-1-6-16(18)11-12-21(19)26-15-22(25)23-13-5-8-17-7-2-4-10-20(17)23/h1,3,6,9,11-12,14,17,20H,2,4-5,7-8,10,13,15H2. The zero-order valence-electron chi connectivity index (χ0n) is 15.0. The number of carbonyl (C=O) groups excluding carboxylic acids is 2. The topological polar surface area (TPSA) is 46.6 Å². The third-order valence-electron chi connectivity index (χ3n) is 5.96. The minimum atomic E-state index is 0.00238. The lowest BCUT2D eigenvalue weighted by Gasteiger charge is -2.44. The van der Waals surface area contributed by atoms with Crippen LogP contribution in [0.15, 0.2) is 36.4 Å². The Bertz CT molecular complexity index is 814. The molecule has 26 heavy (non-hydrogen) atoms. The number of ether oxygens (including phenoxy) is 1. The molecule has 1 aliphatic carbocycles. The maximum absolute atomic E-state index is 12.8. The van der Waals surface area contributed by atoms with E-state index < -0.39 is 0 Å². The molecule has 4 rings (SSSR count). The van der Waals surface area contributed by atoms with Gasteiger partial charge in [0, 0.05) is 12.6 Å². The second-order valence-corrected chi connectivity index (χ2v) is 7.45. The molecule has 136 valence electrons. The van der Waals surface area contributed by atoms with Crippen molar-refractivity contribution < 1.29 is 14.3 Å². The normalized spacial score (nSPS) is 22.7. The number of hydrogen-bond acceptors (Lipinski definition) is 3. The van der Waals surface area contributed by atoms with Crippen molar-refractivity contribution >= 4 is 23.0 Å². The molecule has 1 amide bonds. The SMILES string of the molecule is O=Cc1c(OCC(=O)N2CCCC3CCCCC32)ccc2ccccc12. The van der Waals surface area contributed by atoms with Gasteiger partial charge in [-0.2, -0.15) is 0 Å². The number of nitrogens with zero attached hydrogens (tertiary/aromatic N) is 1. The van der Waals surface area contributed by atoms with Gasteiger partial charge in [-0.05, 0) is 48.4 Å². The van der Waals surface area contributed by atoms with Crippen molar-refractivity contribution in [3.63, 3.8) is 0 Å². The highest BCUT2D eigenvalue weighted by Crippen LogP contribution is 2.35. The summed E-state index contributed by atoms with van der Waals surface area (Å²) in [6.07, 6.45) is 8.02. The van der Waals surface area contributed by atoms with Crippen LogP contribution in [0.3, 0.4) is 0 Å². The molecule has 2 unspecified atom stereocenters. The van der Waals surface area contributed by atoms with Crippen LogP contribution in [0, 0.1) is 5.92 Å². The predicted molar refractivity (Wildman–Crippen MR) is 102 cm³/mol. The zero-order chi connectivity index (χ0) is 17.9. The molecule has 1 heterocycles. The van der Waals surface area contributed by atoms with Crippen LogP contribution >= 0.6 is 0 Å². The summed E-state index contributed by atoms with van der Waals surface area (Å²) in [6, 6.07) is 11.8. The van der Waals surface area contributed by atoms with Crippen molar-refractivity contribution in [2.24, 2.45) is 5.92 Å². The van der Waals surface area contributed by atoms with Crippen molar-refractivity contribution in [1.29, 1.82) is 0 Å². The summed E-state index contributed by atoms with van der Waals surface area (Å²) in [5.74, 6) is 1.20. The van der Waals surface area contributed by atoms with Gasteiger partial charge in [0.1, 0.15) is 5.75 Å². The summed E-state index contributed by atoms with van der Waals surface area (Å²) in [6.45, 7) is 0.837. The van der Waals surface area contributed by atoms with Gasteiger partial charge in [-0.25, -0.2) is 0 Å². The van der Waals surface area contributed by atoms with Crippen molar-refractivity contribution in [2.75, 3.05) is 13.2 Å².